The van der Waals surface area contributed by atoms with Gasteiger partial charge in [-0.05, 0) is 37.3 Å². The van der Waals surface area contributed by atoms with Crippen LogP contribution in [-0.4, -0.2) is 37.4 Å². The molecule has 0 atom stereocenters. The average molecular weight is 383 g/mol. The zero-order valence-corrected chi connectivity index (χ0v) is 16.0. The lowest BCUT2D eigenvalue weighted by molar-refractivity contribution is 0.0790. The van der Waals surface area contributed by atoms with Gasteiger partial charge in [0.05, 0.1) is 22.5 Å². The predicted molar refractivity (Wildman–Crippen MR) is 103 cm³/mol. The van der Waals surface area contributed by atoms with Gasteiger partial charge in [0.25, 0.3) is 5.91 Å². The number of thiophene rings is 1. The maximum absolute atomic E-state index is 13.2. The quantitative estimate of drug-likeness (QED) is 0.542. The first-order valence-electron chi connectivity index (χ1n) is 8.40. The van der Waals surface area contributed by atoms with Crippen LogP contribution < -0.4 is 0 Å². The highest BCUT2D eigenvalue weighted by Crippen LogP contribution is 2.31. The fourth-order valence-corrected chi connectivity index (χ4v) is 4.17. The molecule has 0 saturated carbocycles. The van der Waals surface area contributed by atoms with E-state index in [1.165, 1.54) is 23.5 Å². The molecule has 4 aromatic rings. The molecule has 1 aromatic carbocycles. The molecule has 6 nitrogen and oxygen atoms in total. The minimum Gasteiger partial charge on any atom is -0.337 e. The Balaban J connectivity index is 1.65. The lowest BCUT2D eigenvalue weighted by atomic mass is 10.3. The summed E-state index contributed by atoms with van der Waals surface area (Å²) < 4.78 is 16.7. The van der Waals surface area contributed by atoms with Gasteiger partial charge in [-0.3, -0.25) is 9.48 Å². The average Bonchev–Trinajstić information content (AvgIpc) is 3.32. The van der Waals surface area contributed by atoms with Crippen LogP contribution in [0, 0.1) is 12.7 Å². The maximum atomic E-state index is 13.2. The van der Waals surface area contributed by atoms with Crippen molar-refractivity contribution in [2.24, 2.45) is 7.05 Å². The molecule has 0 aliphatic rings. The lowest BCUT2D eigenvalue weighted by Gasteiger charge is -2.14. The molecule has 0 N–H and O–H groups in total. The Labute approximate surface area is 159 Å². The molecule has 0 radical (unpaired) electrons. The summed E-state index contributed by atoms with van der Waals surface area (Å²) in [5, 5.41) is 9.60. The van der Waals surface area contributed by atoms with Gasteiger partial charge in [0.1, 0.15) is 10.6 Å². The van der Waals surface area contributed by atoms with E-state index in [-0.39, 0.29) is 11.7 Å². The molecule has 0 aliphatic carbocycles. The maximum Gasteiger partial charge on any atom is 0.264 e. The summed E-state index contributed by atoms with van der Waals surface area (Å²) in [5.41, 5.74) is 2.57. The number of aromatic nitrogens is 4. The molecule has 27 heavy (non-hydrogen) atoms. The molecule has 138 valence electrons. The molecule has 0 spiro atoms. The molecule has 3 aromatic heterocycles. The number of nitrogens with zero attached hydrogens (tertiary/aromatic N) is 5. The smallest absolute Gasteiger partial charge is 0.264 e. The standard InChI is InChI=1S/C19H18FN5OS/c1-12-16-8-17(18(26)23(2)10-13-9-21-24(3)11-13)27-19(16)25(22-12)15-6-4-14(20)5-7-15/h4-9,11H,10H2,1-3H3. The number of fused-ring (bicyclic) bond motifs is 1. The Kier molecular flexibility index (Phi) is 4.27. The first-order chi connectivity index (χ1) is 12.9. The monoisotopic (exact) mass is 383 g/mol. The van der Waals surface area contributed by atoms with Crippen LogP contribution in [0.1, 0.15) is 20.9 Å². The summed E-state index contributed by atoms with van der Waals surface area (Å²) in [6.45, 7) is 2.40. The van der Waals surface area contributed by atoms with Crippen LogP contribution in [0.15, 0.2) is 42.7 Å². The topological polar surface area (TPSA) is 56.0 Å². The first kappa shape index (κ1) is 17.4. The Morgan fingerprint density at radius 2 is 2.04 bits per heavy atom. The second-order valence-electron chi connectivity index (χ2n) is 6.49. The van der Waals surface area contributed by atoms with Crippen molar-refractivity contribution < 1.29 is 9.18 Å². The summed E-state index contributed by atoms with van der Waals surface area (Å²) in [6.07, 6.45) is 3.65. The van der Waals surface area contributed by atoms with Crippen molar-refractivity contribution in [1.82, 2.24) is 24.5 Å². The van der Waals surface area contributed by atoms with Crippen molar-refractivity contribution in [2.75, 3.05) is 7.05 Å². The third-order valence-corrected chi connectivity index (χ3v) is 5.45. The highest BCUT2D eigenvalue weighted by atomic mass is 32.1. The molecule has 0 fully saturated rings. The zero-order chi connectivity index (χ0) is 19.1. The summed E-state index contributed by atoms with van der Waals surface area (Å²) in [6, 6.07) is 8.04. The largest absolute Gasteiger partial charge is 0.337 e. The van der Waals surface area contributed by atoms with Crippen LogP contribution in [0.3, 0.4) is 0 Å². The molecule has 4 rings (SSSR count). The van der Waals surface area contributed by atoms with Gasteiger partial charge in [0.15, 0.2) is 0 Å². The number of rotatable bonds is 4. The predicted octanol–water partition coefficient (Wildman–Crippen LogP) is 3.54. The first-order valence-corrected chi connectivity index (χ1v) is 9.22. The van der Waals surface area contributed by atoms with Crippen molar-refractivity contribution in [3.63, 3.8) is 0 Å². The number of halogens is 1. The van der Waals surface area contributed by atoms with Crippen LogP contribution in [-0.2, 0) is 13.6 Å². The minimum atomic E-state index is -0.294. The summed E-state index contributed by atoms with van der Waals surface area (Å²) in [5.74, 6) is -0.344. The SMILES string of the molecule is Cc1nn(-c2ccc(F)cc2)c2sc(C(=O)N(C)Cc3cnn(C)c3)cc12. The molecule has 8 heteroatoms. The Hall–Kier alpha value is -3.00. The van der Waals surface area contributed by atoms with Gasteiger partial charge in [-0.25, -0.2) is 9.07 Å². The van der Waals surface area contributed by atoms with E-state index >= 15 is 0 Å². The van der Waals surface area contributed by atoms with Crippen molar-refractivity contribution >= 4 is 27.5 Å². The lowest BCUT2D eigenvalue weighted by Crippen LogP contribution is -2.25. The van der Waals surface area contributed by atoms with E-state index in [9.17, 15) is 9.18 Å². The third-order valence-electron chi connectivity index (χ3n) is 4.35. The van der Waals surface area contributed by atoms with E-state index in [2.05, 4.69) is 10.2 Å². The zero-order valence-electron chi connectivity index (χ0n) is 15.2. The van der Waals surface area contributed by atoms with Crippen LogP contribution in [0.25, 0.3) is 15.9 Å². The molecule has 3 heterocycles. The van der Waals surface area contributed by atoms with E-state index in [1.807, 2.05) is 26.2 Å². The van der Waals surface area contributed by atoms with E-state index in [4.69, 9.17) is 0 Å². The molecule has 0 bridgehead atoms. The summed E-state index contributed by atoms with van der Waals surface area (Å²) >= 11 is 1.39. The number of carbonyl (C=O) groups excluding carboxylic acids is 1. The summed E-state index contributed by atoms with van der Waals surface area (Å²) in [4.78, 5) is 16.0. The molecule has 0 unspecified atom stereocenters. The minimum absolute atomic E-state index is 0.0508. The Morgan fingerprint density at radius 3 is 2.70 bits per heavy atom. The molecule has 0 aliphatic heterocycles. The van der Waals surface area contributed by atoms with E-state index in [1.54, 1.807) is 39.6 Å². The highest BCUT2D eigenvalue weighted by molar-refractivity contribution is 7.20. The fourth-order valence-electron chi connectivity index (χ4n) is 3.00. The van der Waals surface area contributed by atoms with Gasteiger partial charge in [-0.2, -0.15) is 10.2 Å². The van der Waals surface area contributed by atoms with Crippen molar-refractivity contribution in [3.8, 4) is 5.69 Å². The molecule has 1 amide bonds. The molecule has 0 saturated heterocycles. The number of carbonyl (C=O) groups is 1. The van der Waals surface area contributed by atoms with Crippen molar-refractivity contribution in [3.05, 3.63) is 64.7 Å². The van der Waals surface area contributed by atoms with E-state index < -0.39 is 0 Å². The van der Waals surface area contributed by atoms with Gasteiger partial charge in [0, 0.05) is 37.8 Å². The number of aryl methyl sites for hydroxylation is 2. The highest BCUT2D eigenvalue weighted by Gasteiger charge is 2.20. The van der Waals surface area contributed by atoms with Gasteiger partial charge >= 0.3 is 0 Å². The normalized spacial score (nSPS) is 11.3. The Morgan fingerprint density at radius 1 is 1.30 bits per heavy atom. The summed E-state index contributed by atoms with van der Waals surface area (Å²) in [7, 11) is 3.63. The van der Waals surface area contributed by atoms with Gasteiger partial charge in [-0.1, -0.05) is 0 Å². The van der Waals surface area contributed by atoms with Gasteiger partial charge < -0.3 is 4.90 Å². The van der Waals surface area contributed by atoms with E-state index in [0.29, 0.717) is 11.4 Å². The van der Waals surface area contributed by atoms with Crippen LogP contribution in [0.4, 0.5) is 4.39 Å². The van der Waals surface area contributed by atoms with Crippen LogP contribution in [0.5, 0.6) is 0 Å². The number of amides is 1. The molecular formula is C19H18FN5OS. The van der Waals surface area contributed by atoms with Crippen molar-refractivity contribution in [1.29, 1.82) is 0 Å². The number of hydrogen-bond donors (Lipinski definition) is 0. The molecular weight excluding hydrogens is 365 g/mol. The van der Waals surface area contributed by atoms with E-state index in [0.717, 1.165) is 27.2 Å². The van der Waals surface area contributed by atoms with Crippen LogP contribution in [0.2, 0.25) is 0 Å². The van der Waals surface area contributed by atoms with Gasteiger partial charge in [0.2, 0.25) is 0 Å². The third kappa shape index (κ3) is 3.23. The van der Waals surface area contributed by atoms with Crippen LogP contribution >= 0.6 is 11.3 Å². The number of benzene rings is 1. The fraction of sp³-hybridized carbons (Fsp3) is 0.211. The van der Waals surface area contributed by atoms with Crippen molar-refractivity contribution in [2.45, 2.75) is 13.5 Å². The second kappa shape index (κ2) is 6.62. The van der Waals surface area contributed by atoms with Gasteiger partial charge in [-0.15, -0.1) is 11.3 Å². The Bertz CT molecular complexity index is 1130. The second-order valence-corrected chi connectivity index (χ2v) is 7.52. The number of hydrogen-bond acceptors (Lipinski definition) is 4.